The second-order valence-corrected chi connectivity index (χ2v) is 6.50. The molecule has 0 saturated heterocycles. The Bertz CT molecular complexity index is 586. The van der Waals surface area contributed by atoms with Gasteiger partial charge in [0.15, 0.2) is 0 Å². The van der Waals surface area contributed by atoms with Crippen molar-refractivity contribution in [3.63, 3.8) is 0 Å². The van der Waals surface area contributed by atoms with Gasteiger partial charge in [-0.2, -0.15) is 0 Å². The van der Waals surface area contributed by atoms with Crippen LogP contribution in [0.2, 0.25) is 5.02 Å². The molecule has 1 aromatic rings. The highest BCUT2D eigenvalue weighted by Crippen LogP contribution is 2.09. The number of rotatable bonds is 8. The zero-order chi connectivity index (χ0) is 15.2. The third kappa shape index (κ3) is 5.59. The first-order valence-corrected chi connectivity index (χ1v) is 7.79. The molecule has 0 bridgehead atoms. The van der Waals surface area contributed by atoms with Gasteiger partial charge in [0, 0.05) is 19.3 Å². The number of H-pyrrole nitrogens is 1. The molecule has 0 fully saturated rings. The minimum Gasteiger partial charge on any atom is -0.379 e. The molecule has 2 N–H and O–H groups in total. The molecule has 1 rings (SSSR count). The largest absolute Gasteiger partial charge is 0.379 e. The van der Waals surface area contributed by atoms with E-state index in [0.717, 1.165) is 18.8 Å². The van der Waals surface area contributed by atoms with Crippen LogP contribution in [-0.2, 0) is 14.8 Å². The van der Waals surface area contributed by atoms with Gasteiger partial charge in [0.1, 0.15) is 5.02 Å². The Balaban J connectivity index is 2.45. The highest BCUT2D eigenvalue weighted by molar-refractivity contribution is 7.89. The molecule has 0 radical (unpaired) electrons. The maximum Gasteiger partial charge on any atom is 0.266 e. The third-order valence-corrected chi connectivity index (χ3v) is 4.08. The van der Waals surface area contributed by atoms with Gasteiger partial charge in [-0.3, -0.25) is 4.79 Å². The first-order chi connectivity index (χ1) is 9.33. The predicted octanol–water partition coefficient (Wildman–Crippen LogP) is -0.115. The Morgan fingerprint density at radius 3 is 2.70 bits per heavy atom. The van der Waals surface area contributed by atoms with Crippen molar-refractivity contribution in [1.29, 1.82) is 0 Å². The van der Waals surface area contributed by atoms with Gasteiger partial charge >= 0.3 is 0 Å². The van der Waals surface area contributed by atoms with E-state index in [9.17, 15) is 13.2 Å². The van der Waals surface area contributed by atoms with E-state index >= 15 is 0 Å². The molecule has 1 aromatic heterocycles. The van der Waals surface area contributed by atoms with Crippen LogP contribution in [-0.4, -0.2) is 58.7 Å². The molecule has 20 heavy (non-hydrogen) atoms. The number of aromatic amines is 1. The maximum atomic E-state index is 11.9. The molecule has 0 aliphatic rings. The van der Waals surface area contributed by atoms with Crippen molar-refractivity contribution in [1.82, 2.24) is 14.6 Å². The number of sulfonamides is 1. The maximum absolute atomic E-state index is 11.9. The summed E-state index contributed by atoms with van der Waals surface area (Å²) in [6.07, 6.45) is 1.10. The molecular formula is C11H18ClN3O4S. The van der Waals surface area contributed by atoms with Crippen molar-refractivity contribution >= 4 is 21.6 Å². The minimum absolute atomic E-state index is 0.0876. The van der Waals surface area contributed by atoms with Gasteiger partial charge < -0.3 is 14.6 Å². The van der Waals surface area contributed by atoms with Crippen LogP contribution in [0.3, 0.4) is 0 Å². The van der Waals surface area contributed by atoms with E-state index in [1.165, 1.54) is 0 Å². The van der Waals surface area contributed by atoms with Crippen molar-refractivity contribution in [2.75, 3.05) is 40.4 Å². The molecule has 114 valence electrons. The number of likely N-dealkylation sites (N-methyl/N-ethyl adjacent to an activating group) is 1. The van der Waals surface area contributed by atoms with E-state index in [1.54, 1.807) is 0 Å². The molecule has 0 aromatic carbocycles. The zero-order valence-electron chi connectivity index (χ0n) is 11.3. The fraction of sp³-hybridized carbons (Fsp3) is 0.545. The number of nitrogens with zero attached hydrogens (tertiary/aromatic N) is 1. The highest BCUT2D eigenvalue weighted by Gasteiger charge is 2.14. The van der Waals surface area contributed by atoms with Crippen molar-refractivity contribution in [3.05, 3.63) is 27.6 Å². The van der Waals surface area contributed by atoms with Gasteiger partial charge in [0.2, 0.25) is 10.0 Å². The van der Waals surface area contributed by atoms with Crippen LogP contribution in [0.4, 0.5) is 0 Å². The zero-order valence-corrected chi connectivity index (χ0v) is 12.9. The molecule has 0 aliphatic carbocycles. The minimum atomic E-state index is -3.70. The number of nitrogens with one attached hydrogen (secondary N) is 2. The molecule has 0 spiro atoms. The molecule has 7 nitrogen and oxygen atoms in total. The summed E-state index contributed by atoms with van der Waals surface area (Å²) in [6, 6.07) is 1.11. The van der Waals surface area contributed by atoms with E-state index in [1.807, 2.05) is 19.0 Å². The van der Waals surface area contributed by atoms with Crippen LogP contribution in [0.15, 0.2) is 22.0 Å². The Morgan fingerprint density at radius 1 is 1.40 bits per heavy atom. The normalized spacial score (nSPS) is 12.0. The highest BCUT2D eigenvalue weighted by atomic mass is 35.5. The standard InChI is InChI=1S/C11H18ClN3O4S/c1-15(2)4-6-19-5-3-14-20(17,18)9-7-10(12)11(16)13-8-9/h7-8,14H,3-6H2,1-2H3,(H,13,16). The summed E-state index contributed by atoms with van der Waals surface area (Å²) in [6.45, 7) is 1.71. The van der Waals surface area contributed by atoms with Crippen LogP contribution in [0.25, 0.3) is 0 Å². The van der Waals surface area contributed by atoms with Crippen LogP contribution in [0.1, 0.15) is 0 Å². The SMILES string of the molecule is CN(C)CCOCCNS(=O)(=O)c1c[nH]c(=O)c(Cl)c1. The van der Waals surface area contributed by atoms with Crippen LogP contribution >= 0.6 is 11.6 Å². The topological polar surface area (TPSA) is 91.5 Å². The Labute approximate surface area is 122 Å². The van der Waals surface area contributed by atoms with Crippen LogP contribution in [0.5, 0.6) is 0 Å². The van der Waals surface area contributed by atoms with Gasteiger partial charge in [-0.25, -0.2) is 13.1 Å². The first-order valence-electron chi connectivity index (χ1n) is 5.93. The number of pyridine rings is 1. The van der Waals surface area contributed by atoms with Crippen LogP contribution < -0.4 is 10.3 Å². The molecular weight excluding hydrogens is 306 g/mol. The van der Waals surface area contributed by atoms with Crippen molar-refractivity contribution in [2.45, 2.75) is 4.90 Å². The van der Waals surface area contributed by atoms with Gasteiger partial charge in [0.25, 0.3) is 5.56 Å². The lowest BCUT2D eigenvalue weighted by Gasteiger charge is -2.10. The number of hydrogen-bond donors (Lipinski definition) is 2. The van der Waals surface area contributed by atoms with E-state index in [0.29, 0.717) is 6.61 Å². The number of hydrogen-bond acceptors (Lipinski definition) is 5. The van der Waals surface area contributed by atoms with E-state index in [4.69, 9.17) is 16.3 Å². The molecule has 9 heteroatoms. The summed E-state index contributed by atoms with van der Waals surface area (Å²) < 4.78 is 31.4. The monoisotopic (exact) mass is 323 g/mol. The Hall–Kier alpha value is -0.930. The second-order valence-electron chi connectivity index (χ2n) is 4.33. The van der Waals surface area contributed by atoms with Crippen molar-refractivity contribution < 1.29 is 13.2 Å². The van der Waals surface area contributed by atoms with Gasteiger partial charge in [-0.05, 0) is 20.2 Å². The quantitative estimate of drug-likeness (QED) is 0.651. The Morgan fingerprint density at radius 2 is 2.10 bits per heavy atom. The summed E-state index contributed by atoms with van der Waals surface area (Å²) in [4.78, 5) is 15.2. The third-order valence-electron chi connectivity index (χ3n) is 2.36. The fourth-order valence-electron chi connectivity index (χ4n) is 1.27. The average Bonchev–Trinajstić information content (AvgIpc) is 2.36. The molecule has 0 atom stereocenters. The number of halogens is 1. The van der Waals surface area contributed by atoms with E-state index < -0.39 is 15.6 Å². The van der Waals surface area contributed by atoms with Gasteiger partial charge in [-0.1, -0.05) is 11.6 Å². The molecule has 1 heterocycles. The summed E-state index contributed by atoms with van der Waals surface area (Å²) >= 11 is 5.59. The van der Waals surface area contributed by atoms with Crippen molar-refractivity contribution in [2.24, 2.45) is 0 Å². The summed E-state index contributed by atoms with van der Waals surface area (Å²) in [7, 11) is 0.147. The lowest BCUT2D eigenvalue weighted by atomic mass is 10.5. The van der Waals surface area contributed by atoms with Gasteiger partial charge in [-0.15, -0.1) is 0 Å². The molecule has 0 aliphatic heterocycles. The first kappa shape index (κ1) is 17.1. The van der Waals surface area contributed by atoms with Crippen molar-refractivity contribution in [3.8, 4) is 0 Å². The lowest BCUT2D eigenvalue weighted by Crippen LogP contribution is -2.29. The second kappa shape index (κ2) is 7.75. The smallest absolute Gasteiger partial charge is 0.266 e. The van der Waals surface area contributed by atoms with Crippen LogP contribution in [0, 0.1) is 0 Å². The van der Waals surface area contributed by atoms with Gasteiger partial charge in [0.05, 0.1) is 18.1 Å². The Kier molecular flexibility index (Phi) is 6.63. The lowest BCUT2D eigenvalue weighted by molar-refractivity contribution is 0.122. The number of aromatic nitrogens is 1. The fourth-order valence-corrected chi connectivity index (χ4v) is 2.52. The summed E-state index contributed by atoms with van der Waals surface area (Å²) in [5.74, 6) is 0. The summed E-state index contributed by atoms with van der Waals surface area (Å²) in [5.41, 5.74) is -0.530. The predicted molar refractivity (Wildman–Crippen MR) is 76.6 cm³/mol. The molecule has 0 amide bonds. The van der Waals surface area contributed by atoms with E-state index in [-0.39, 0.29) is 23.1 Å². The molecule has 0 saturated carbocycles. The van der Waals surface area contributed by atoms with E-state index in [2.05, 4.69) is 9.71 Å². The average molecular weight is 324 g/mol. The number of ether oxygens (including phenoxy) is 1. The molecule has 0 unspecified atom stereocenters. The summed E-state index contributed by atoms with van der Waals surface area (Å²) in [5, 5.41) is -0.171.